The minimum Gasteiger partial charge on any atom is -0.0990 e. The van der Waals surface area contributed by atoms with Crippen molar-refractivity contribution in [3.63, 3.8) is 0 Å². The minimum absolute atomic E-state index is 0.989. The van der Waals surface area contributed by atoms with Gasteiger partial charge in [-0.3, -0.25) is 0 Å². The maximum absolute atomic E-state index is 3.93. The Morgan fingerprint density at radius 1 is 1.09 bits per heavy atom. The molecule has 0 bridgehead atoms. The summed E-state index contributed by atoms with van der Waals surface area (Å²) in [5.74, 6) is 0. The van der Waals surface area contributed by atoms with Crippen LogP contribution in [0.1, 0.15) is 30.0 Å². The van der Waals surface area contributed by atoms with Crippen molar-refractivity contribution in [1.82, 2.24) is 0 Å². The van der Waals surface area contributed by atoms with Gasteiger partial charge in [0.2, 0.25) is 0 Å². The number of aryl methyl sites for hydroxylation is 2. The minimum atomic E-state index is 0.989. The largest absolute Gasteiger partial charge is 0.0990 e. The standard InChI is InChI=1S/C22H26/c1-7-11-20(8-2)22(10-4)18(6)13-15-19-14-12-17(5)21(9-3)16-19/h7-12,14,16H,1-4,13,15H2,5-6H3/b20-11-,22-18+. The van der Waals surface area contributed by atoms with Crippen LogP contribution in [0.5, 0.6) is 0 Å². The molecular weight excluding hydrogens is 264 g/mol. The van der Waals surface area contributed by atoms with Crippen LogP contribution in [0.15, 0.2) is 85.5 Å². The SMILES string of the molecule is C=C/C=C(C=C)\C(C=C)=C(/C)CCc1ccc(C)c(C=C)c1. The highest BCUT2D eigenvalue weighted by molar-refractivity contribution is 5.53. The molecule has 0 atom stereocenters. The summed E-state index contributed by atoms with van der Waals surface area (Å²) in [4.78, 5) is 0. The third kappa shape index (κ3) is 4.60. The molecular formula is C22H26. The lowest BCUT2D eigenvalue weighted by atomic mass is 9.94. The number of hydrogen-bond donors (Lipinski definition) is 0. The molecule has 0 aliphatic heterocycles. The Balaban J connectivity index is 2.97. The molecule has 22 heavy (non-hydrogen) atoms. The van der Waals surface area contributed by atoms with Gasteiger partial charge in [-0.25, -0.2) is 0 Å². The Hall–Kier alpha value is -2.34. The molecule has 0 aliphatic rings. The summed E-state index contributed by atoms with van der Waals surface area (Å²) in [5.41, 5.74) is 7.33. The summed E-state index contributed by atoms with van der Waals surface area (Å²) >= 11 is 0. The Labute approximate surface area is 135 Å². The smallest absolute Gasteiger partial charge is 0.0191 e. The summed E-state index contributed by atoms with van der Waals surface area (Å²) in [6.07, 6.45) is 11.4. The van der Waals surface area contributed by atoms with Crippen LogP contribution in [0.2, 0.25) is 0 Å². The van der Waals surface area contributed by atoms with Crippen molar-refractivity contribution in [2.24, 2.45) is 0 Å². The molecule has 0 radical (unpaired) electrons. The molecule has 1 aromatic rings. The van der Waals surface area contributed by atoms with E-state index in [9.17, 15) is 0 Å². The van der Waals surface area contributed by atoms with E-state index < -0.39 is 0 Å². The second-order valence-electron chi connectivity index (χ2n) is 5.36. The molecule has 0 N–H and O–H groups in total. The van der Waals surface area contributed by atoms with E-state index in [-0.39, 0.29) is 0 Å². The van der Waals surface area contributed by atoms with E-state index >= 15 is 0 Å². The normalized spacial score (nSPS) is 12.4. The van der Waals surface area contributed by atoms with Crippen molar-refractivity contribution in [3.05, 3.63) is 102 Å². The van der Waals surface area contributed by atoms with Crippen LogP contribution in [0, 0.1) is 6.92 Å². The van der Waals surface area contributed by atoms with Gasteiger partial charge in [-0.2, -0.15) is 0 Å². The molecule has 0 heterocycles. The van der Waals surface area contributed by atoms with Crippen LogP contribution in [0.25, 0.3) is 6.08 Å². The summed E-state index contributed by atoms with van der Waals surface area (Å²) in [6, 6.07) is 6.57. The zero-order valence-corrected chi connectivity index (χ0v) is 13.9. The first-order chi connectivity index (χ1) is 10.6. The summed E-state index contributed by atoms with van der Waals surface area (Å²) < 4.78 is 0. The Kier molecular flexibility index (Phi) is 7.12. The maximum Gasteiger partial charge on any atom is -0.0191 e. The topological polar surface area (TPSA) is 0 Å². The molecule has 0 fully saturated rings. The predicted octanol–water partition coefficient (Wildman–Crippen LogP) is 6.37. The molecule has 1 rings (SSSR count). The molecule has 114 valence electrons. The summed E-state index contributed by atoms with van der Waals surface area (Å²) in [5, 5.41) is 0. The fraction of sp³-hybridized carbons (Fsp3) is 0.182. The van der Waals surface area contributed by atoms with Crippen molar-refractivity contribution < 1.29 is 0 Å². The maximum atomic E-state index is 3.93. The molecule has 0 amide bonds. The van der Waals surface area contributed by atoms with Crippen molar-refractivity contribution in [2.75, 3.05) is 0 Å². The van der Waals surface area contributed by atoms with E-state index in [1.165, 1.54) is 22.3 Å². The van der Waals surface area contributed by atoms with E-state index in [2.05, 4.69) is 58.4 Å². The Morgan fingerprint density at radius 3 is 2.36 bits per heavy atom. The molecule has 0 aliphatic carbocycles. The van der Waals surface area contributed by atoms with Gasteiger partial charge >= 0.3 is 0 Å². The average Bonchev–Trinajstić information content (AvgIpc) is 2.53. The van der Waals surface area contributed by atoms with Crippen molar-refractivity contribution >= 4 is 6.08 Å². The first kappa shape index (κ1) is 17.7. The third-order valence-electron chi connectivity index (χ3n) is 3.84. The Morgan fingerprint density at radius 2 is 1.82 bits per heavy atom. The van der Waals surface area contributed by atoms with Gasteiger partial charge in [0.1, 0.15) is 0 Å². The van der Waals surface area contributed by atoms with E-state index in [0.29, 0.717) is 0 Å². The van der Waals surface area contributed by atoms with Gasteiger partial charge in [-0.05, 0) is 54.5 Å². The predicted molar refractivity (Wildman–Crippen MR) is 101 cm³/mol. The van der Waals surface area contributed by atoms with Gasteiger partial charge in [0.25, 0.3) is 0 Å². The average molecular weight is 290 g/mol. The van der Waals surface area contributed by atoms with Gasteiger partial charge in [-0.15, -0.1) is 0 Å². The van der Waals surface area contributed by atoms with E-state index in [1.54, 1.807) is 6.08 Å². The zero-order valence-electron chi connectivity index (χ0n) is 13.9. The highest BCUT2D eigenvalue weighted by atomic mass is 14.1. The molecule has 0 spiro atoms. The fourth-order valence-electron chi connectivity index (χ4n) is 2.47. The first-order valence-electron chi connectivity index (χ1n) is 7.57. The lowest BCUT2D eigenvalue weighted by Gasteiger charge is -2.11. The fourth-order valence-corrected chi connectivity index (χ4v) is 2.47. The first-order valence-corrected chi connectivity index (χ1v) is 7.57. The highest BCUT2D eigenvalue weighted by Crippen LogP contribution is 2.22. The van der Waals surface area contributed by atoms with Gasteiger partial charge in [0, 0.05) is 0 Å². The number of rotatable bonds is 8. The monoisotopic (exact) mass is 290 g/mol. The van der Waals surface area contributed by atoms with Crippen LogP contribution in [0.3, 0.4) is 0 Å². The van der Waals surface area contributed by atoms with Crippen molar-refractivity contribution in [3.8, 4) is 0 Å². The number of benzene rings is 1. The lowest BCUT2D eigenvalue weighted by molar-refractivity contribution is 0.931. The van der Waals surface area contributed by atoms with Crippen LogP contribution in [-0.2, 0) is 6.42 Å². The quantitative estimate of drug-likeness (QED) is 0.488. The van der Waals surface area contributed by atoms with Crippen LogP contribution < -0.4 is 0 Å². The molecule has 0 unspecified atom stereocenters. The summed E-state index contributed by atoms with van der Waals surface area (Å²) in [6.45, 7) is 19.7. The highest BCUT2D eigenvalue weighted by Gasteiger charge is 2.04. The van der Waals surface area contributed by atoms with Gasteiger partial charge in [-0.1, -0.05) is 80.5 Å². The molecule has 0 saturated heterocycles. The van der Waals surface area contributed by atoms with Crippen LogP contribution in [-0.4, -0.2) is 0 Å². The van der Waals surface area contributed by atoms with Crippen molar-refractivity contribution in [1.29, 1.82) is 0 Å². The molecule has 0 heteroatoms. The van der Waals surface area contributed by atoms with E-state index in [0.717, 1.165) is 24.0 Å². The second-order valence-corrected chi connectivity index (χ2v) is 5.36. The van der Waals surface area contributed by atoms with Crippen LogP contribution >= 0.6 is 0 Å². The number of allylic oxidation sites excluding steroid dienone is 7. The summed E-state index contributed by atoms with van der Waals surface area (Å²) in [7, 11) is 0. The third-order valence-corrected chi connectivity index (χ3v) is 3.84. The number of hydrogen-bond acceptors (Lipinski definition) is 0. The molecule has 0 saturated carbocycles. The van der Waals surface area contributed by atoms with E-state index in [1.807, 2.05) is 24.3 Å². The molecule has 0 aromatic heterocycles. The zero-order chi connectivity index (χ0) is 16.5. The van der Waals surface area contributed by atoms with Gasteiger partial charge in [0.15, 0.2) is 0 Å². The van der Waals surface area contributed by atoms with Gasteiger partial charge in [0.05, 0.1) is 0 Å². The molecule has 1 aromatic carbocycles. The Bertz CT molecular complexity index is 636. The second kappa shape index (κ2) is 8.84. The van der Waals surface area contributed by atoms with E-state index in [4.69, 9.17) is 0 Å². The van der Waals surface area contributed by atoms with Crippen molar-refractivity contribution in [2.45, 2.75) is 26.7 Å². The molecule has 0 nitrogen and oxygen atoms in total. The van der Waals surface area contributed by atoms with Gasteiger partial charge < -0.3 is 0 Å². The van der Waals surface area contributed by atoms with Crippen LogP contribution in [0.4, 0.5) is 0 Å². The lowest BCUT2D eigenvalue weighted by Crippen LogP contribution is -1.94.